The van der Waals surface area contributed by atoms with Gasteiger partial charge in [-0.15, -0.1) is 11.8 Å². The summed E-state index contributed by atoms with van der Waals surface area (Å²) in [5, 5.41) is 64.5. The fourth-order valence-corrected chi connectivity index (χ4v) is 16.9. The highest BCUT2D eigenvalue weighted by Gasteiger charge is 2.46. The molecule has 134 heavy (non-hydrogen) atoms. The molecule has 0 bridgehead atoms. The number of benzene rings is 5. The Morgan fingerprint density at radius 2 is 1.08 bits per heavy atom. The Kier molecular flexibility index (Phi) is 38.1. The minimum atomic E-state index is -1.97. The van der Waals surface area contributed by atoms with E-state index in [2.05, 4.69) is 52.8 Å². The van der Waals surface area contributed by atoms with Gasteiger partial charge in [-0.1, -0.05) is 106 Å². The lowest BCUT2D eigenvalue weighted by molar-refractivity contribution is -0.152. The highest BCUT2D eigenvalue weighted by Crippen LogP contribution is 2.28. The van der Waals surface area contributed by atoms with E-state index in [-0.39, 0.29) is 93.8 Å². The number of morpholine rings is 1. The van der Waals surface area contributed by atoms with E-state index in [9.17, 15) is 63.2 Å². The summed E-state index contributed by atoms with van der Waals surface area (Å²) in [4.78, 5) is 258. The number of unbranched alkanes of at least 4 members (excludes halogenated alkanes) is 1. The summed E-state index contributed by atoms with van der Waals surface area (Å²) in [6, 6.07) is 4.61. The molecular formula is C91H114F3N17O22S. The number of fused-ring (bicyclic) bond motifs is 3. The summed E-state index contributed by atoms with van der Waals surface area (Å²) in [5.41, 5.74) is 13.2. The van der Waals surface area contributed by atoms with Crippen LogP contribution in [0.15, 0.2) is 121 Å². The normalized spacial score (nSPS) is 23.5. The Morgan fingerprint density at radius 1 is 0.537 bits per heavy atom. The predicted molar refractivity (Wildman–Crippen MR) is 479 cm³/mol. The number of carboxylic acid groups (broad SMARTS) is 2. The van der Waals surface area contributed by atoms with Gasteiger partial charge in [-0.3, -0.25) is 81.5 Å². The molecule has 0 radical (unpaired) electrons. The standard InChI is InChI=1S/C91H114F3N17O22S/c1-7-8-19-69-90(131)110-33-14-20-68(110)84(125)104-65(43-76(118)119)83(124)106-78(49(2)3)91(132)108(5)70(40-50-15-10-9-11-16-50)85(126)101-62(31-32-95)88(129)111-34-35-133-46-72(111)86(127)103-64(42-54-44-97-60-18-13-12-17-57(54)60)82(123)102-63(38-51-21-25-55(112)26-22-51)81(122)100-61(29-30-75(116)117)80(121)105-67(79(120)98-45-73(96)114)47-134-48-74(115)99-66(39-53-36-58(92)77(94)59(93)37-53)87(128)109(6)71(89(130)107(69)4)41-52-23-27-56(113)28-24-52/h9-13,15-18,21-28,36-37,44,49,61-72,78,97,112-113H,7-8,14,19-20,29-35,38-43,45-48,95H2,1-6H3,(H2,96,114)(H,98,120)(H,99,115)(H,100,122)(H,101,126)(H,102,123)(H,103,127)(H,104,125)(H,105,121)(H,106,124)(H,116,117)(H,118,119)/t61-,62-,63-,64-,65-,66-,67-,68+,69-,70-,71-,72+,78-/m0/s1. The van der Waals surface area contributed by atoms with Crippen LogP contribution < -0.4 is 59.3 Å². The molecular weight excluding hydrogens is 1770 g/mol. The van der Waals surface area contributed by atoms with Crippen LogP contribution in [0.2, 0.25) is 0 Å². The zero-order valence-corrected chi connectivity index (χ0v) is 75.6. The van der Waals surface area contributed by atoms with Crippen LogP contribution in [0.3, 0.4) is 0 Å². The highest BCUT2D eigenvalue weighted by molar-refractivity contribution is 8.00. The summed E-state index contributed by atoms with van der Waals surface area (Å²) in [7, 11) is 3.61. The van der Waals surface area contributed by atoms with E-state index in [1.54, 1.807) is 67.7 Å². The number of phenols is 2. The molecule has 18 N–H and O–H groups in total. The fraction of sp³-hybridized carbons (Fsp3) is 0.462. The van der Waals surface area contributed by atoms with Gasteiger partial charge in [0.1, 0.15) is 90.0 Å². The highest BCUT2D eigenvalue weighted by atomic mass is 32.2. The smallest absolute Gasteiger partial charge is 0.305 e. The molecule has 3 aliphatic rings. The number of nitrogens with zero attached hydrogens (tertiary/aromatic N) is 5. The fourth-order valence-electron chi connectivity index (χ4n) is 16.0. The minimum absolute atomic E-state index is 0.0751. The van der Waals surface area contributed by atoms with Crippen molar-refractivity contribution < 1.29 is 120 Å². The monoisotopic (exact) mass is 1890 g/mol. The van der Waals surface area contributed by atoms with Gasteiger partial charge in [0.2, 0.25) is 88.6 Å². The zero-order valence-electron chi connectivity index (χ0n) is 74.8. The quantitative estimate of drug-likeness (QED) is 0.0354. The average molecular weight is 1890 g/mol. The molecule has 15 amide bonds. The molecule has 9 rings (SSSR count). The van der Waals surface area contributed by atoms with Gasteiger partial charge in [0, 0.05) is 95.6 Å². The van der Waals surface area contributed by atoms with E-state index in [1.165, 1.54) is 76.5 Å². The Hall–Kier alpha value is -13.7. The van der Waals surface area contributed by atoms with E-state index < -0.39 is 271 Å². The van der Waals surface area contributed by atoms with E-state index in [0.29, 0.717) is 52.3 Å². The molecule has 6 aromatic rings. The van der Waals surface area contributed by atoms with Crippen LogP contribution in [-0.4, -0.2) is 301 Å². The summed E-state index contributed by atoms with van der Waals surface area (Å²) in [6.45, 7) is 2.60. The first-order valence-corrected chi connectivity index (χ1v) is 44.9. The molecule has 0 spiro atoms. The van der Waals surface area contributed by atoms with Gasteiger partial charge < -0.3 is 114 Å². The van der Waals surface area contributed by atoms with Crippen molar-refractivity contribution in [3.8, 4) is 11.5 Å². The Bertz CT molecular complexity index is 5230. The number of hydrogen-bond acceptors (Lipinski definition) is 22. The van der Waals surface area contributed by atoms with Crippen LogP contribution in [0.4, 0.5) is 13.2 Å². The van der Waals surface area contributed by atoms with Gasteiger partial charge in [0.25, 0.3) is 0 Å². The third-order valence-corrected chi connectivity index (χ3v) is 24.4. The van der Waals surface area contributed by atoms with E-state index in [0.717, 1.165) is 31.5 Å². The Morgan fingerprint density at radius 3 is 1.71 bits per heavy atom. The lowest BCUT2D eigenvalue weighted by Crippen LogP contribution is -2.64. The van der Waals surface area contributed by atoms with Crippen LogP contribution >= 0.6 is 11.8 Å². The van der Waals surface area contributed by atoms with Crippen molar-refractivity contribution in [2.24, 2.45) is 17.4 Å². The van der Waals surface area contributed by atoms with Crippen LogP contribution in [0.25, 0.3) is 10.9 Å². The summed E-state index contributed by atoms with van der Waals surface area (Å²) in [5.74, 6) is -27.1. The number of aromatic nitrogens is 1. The maximum Gasteiger partial charge on any atom is 0.305 e. The number of ether oxygens (including phenoxy) is 1. The van der Waals surface area contributed by atoms with E-state index >= 15 is 51.9 Å². The summed E-state index contributed by atoms with van der Waals surface area (Å²) >= 11 is 0.566. The number of nitrogens with two attached hydrogens (primary N) is 2. The lowest BCUT2D eigenvalue weighted by Gasteiger charge is -2.38. The van der Waals surface area contributed by atoms with Gasteiger partial charge in [-0.2, -0.15) is 0 Å². The number of likely N-dealkylation sites (N-methyl/N-ethyl adjacent to an activating group) is 3. The molecule has 0 saturated carbocycles. The number of carbonyl (C=O) groups excluding carboxylic acids is 15. The molecule has 722 valence electrons. The number of aliphatic carboxylic acids is 2. The number of thioether (sulfide) groups is 1. The molecule has 43 heteroatoms. The third-order valence-electron chi connectivity index (χ3n) is 23.4. The van der Waals surface area contributed by atoms with Crippen molar-refractivity contribution >= 4 is 123 Å². The second-order valence-corrected chi connectivity index (χ2v) is 34.5. The van der Waals surface area contributed by atoms with Crippen LogP contribution in [0, 0.1) is 23.4 Å². The number of nitrogens with one attached hydrogen (secondary N) is 10. The number of carbonyl (C=O) groups is 17. The van der Waals surface area contributed by atoms with Crippen molar-refractivity contribution in [2.45, 2.75) is 189 Å². The number of amides is 15. The molecule has 3 saturated heterocycles. The Balaban J connectivity index is 1.14. The van der Waals surface area contributed by atoms with E-state index in [4.69, 9.17) is 16.2 Å². The maximum atomic E-state index is 15.7. The second-order valence-electron chi connectivity index (χ2n) is 33.4. The first-order chi connectivity index (χ1) is 63.7. The zero-order chi connectivity index (χ0) is 97.9. The van der Waals surface area contributed by atoms with Crippen molar-refractivity contribution in [1.29, 1.82) is 0 Å². The molecule has 3 aliphatic heterocycles. The van der Waals surface area contributed by atoms with Crippen molar-refractivity contribution in [3.05, 3.63) is 167 Å². The number of aromatic hydroxyl groups is 2. The summed E-state index contributed by atoms with van der Waals surface area (Å²) < 4.78 is 50.9. The Labute approximate surface area is 773 Å². The molecule has 0 unspecified atom stereocenters. The average Bonchev–Trinajstić information content (AvgIpc) is 1.35. The van der Waals surface area contributed by atoms with Gasteiger partial charge in [0.05, 0.1) is 31.9 Å². The molecule has 39 nitrogen and oxygen atoms in total. The SMILES string of the molecule is CCCC[C@H]1C(=O)N2CCC[C@@H]2C(=O)N[C@@H](CC(=O)O)C(=O)N[C@@H](C(C)C)C(=O)N(C)[C@@H](Cc2ccccc2)C(=O)N[C@@H](CCN)C(=O)N2CCOC[C@@H]2C(=O)N[C@@H](Cc2c[nH]c3ccccc23)C(=O)N[C@@H](Cc2ccc(O)cc2)C(=O)N[C@@H](CCC(=O)O)C(=O)N[C@H](C(=O)NCC(N)=O)CSCC(=O)N[C@@H](Cc2cc(F)c(F)c(F)c2)C(=O)N(C)[C@@H](Cc2ccc(O)cc2)C(=O)N1C. The molecule has 4 heterocycles. The largest absolute Gasteiger partial charge is 0.508 e. The first-order valence-electron chi connectivity index (χ1n) is 43.7. The number of primary amides is 1. The summed E-state index contributed by atoms with van der Waals surface area (Å²) in [6.07, 6.45) is -3.12. The van der Waals surface area contributed by atoms with Crippen LogP contribution in [-0.2, 0) is 118 Å². The number of halogens is 3. The molecule has 13 atom stereocenters. The number of carboxylic acids is 2. The number of phenolic OH excluding ortho intramolecular Hbond substituents is 2. The molecule has 0 aliphatic carbocycles. The number of para-hydroxylation sites is 1. The molecule has 3 fully saturated rings. The van der Waals surface area contributed by atoms with Crippen LogP contribution in [0.1, 0.15) is 106 Å². The van der Waals surface area contributed by atoms with Crippen molar-refractivity contribution in [2.75, 3.05) is 72.0 Å². The van der Waals surface area contributed by atoms with Crippen molar-refractivity contribution in [3.63, 3.8) is 0 Å². The van der Waals surface area contributed by atoms with Gasteiger partial charge in [0.15, 0.2) is 17.5 Å². The number of H-pyrrole nitrogens is 1. The second kappa shape index (κ2) is 49.1. The topological polar surface area (TPSA) is 573 Å². The predicted octanol–water partition coefficient (Wildman–Crippen LogP) is -0.0297. The van der Waals surface area contributed by atoms with Crippen molar-refractivity contribution in [1.82, 2.24) is 77.3 Å². The lowest BCUT2D eigenvalue weighted by atomic mass is 9.98. The number of rotatable bonds is 24. The first kappa shape index (κ1) is 104. The van der Waals surface area contributed by atoms with E-state index in [1.807, 2.05) is 0 Å². The minimum Gasteiger partial charge on any atom is -0.508 e. The number of hydrogen-bond donors (Lipinski definition) is 16. The maximum absolute atomic E-state index is 15.7. The third kappa shape index (κ3) is 28.7. The molecule has 5 aromatic carbocycles. The van der Waals surface area contributed by atoms with Gasteiger partial charge in [-0.05, 0) is 115 Å². The van der Waals surface area contributed by atoms with Crippen LogP contribution in [0.5, 0.6) is 11.5 Å². The molecule has 1 aromatic heterocycles. The van der Waals surface area contributed by atoms with Gasteiger partial charge in [-0.25, -0.2) is 13.2 Å². The number of aromatic amines is 1. The van der Waals surface area contributed by atoms with Gasteiger partial charge >= 0.3 is 11.9 Å².